The summed E-state index contributed by atoms with van der Waals surface area (Å²) < 4.78 is 0. The molecule has 1 aliphatic rings. The number of hydrogen-bond donors (Lipinski definition) is 2. The zero-order valence-corrected chi connectivity index (χ0v) is 7.28. The van der Waals surface area contributed by atoms with Gasteiger partial charge in [0, 0.05) is 6.54 Å². The van der Waals surface area contributed by atoms with E-state index in [2.05, 4.69) is 10.3 Å². The van der Waals surface area contributed by atoms with Gasteiger partial charge in [0.25, 0.3) is 5.91 Å². The van der Waals surface area contributed by atoms with E-state index < -0.39 is 0 Å². The molecule has 0 saturated heterocycles. The standard InChI is InChI=1S/C7H9N3OS/c8-7-10-4-2-1-3-9-6(11)5(4)12-7/h1-3H2,(H2,8,10)(H,9,11). The summed E-state index contributed by atoms with van der Waals surface area (Å²) in [6.45, 7) is 0.738. The van der Waals surface area contributed by atoms with E-state index in [4.69, 9.17) is 5.73 Å². The summed E-state index contributed by atoms with van der Waals surface area (Å²) in [4.78, 5) is 16.1. The number of aromatic nitrogens is 1. The van der Waals surface area contributed by atoms with Gasteiger partial charge in [0.2, 0.25) is 0 Å². The van der Waals surface area contributed by atoms with E-state index in [1.165, 1.54) is 11.3 Å². The summed E-state index contributed by atoms with van der Waals surface area (Å²) in [5.41, 5.74) is 6.35. The minimum Gasteiger partial charge on any atom is -0.375 e. The number of nitrogens with zero attached hydrogens (tertiary/aromatic N) is 1. The maximum Gasteiger partial charge on any atom is 0.263 e. The summed E-state index contributed by atoms with van der Waals surface area (Å²) in [7, 11) is 0. The lowest BCUT2D eigenvalue weighted by atomic mass is 10.2. The van der Waals surface area contributed by atoms with Crippen molar-refractivity contribution in [1.29, 1.82) is 0 Å². The minimum absolute atomic E-state index is 0.0308. The minimum atomic E-state index is -0.0308. The van der Waals surface area contributed by atoms with Gasteiger partial charge in [-0.3, -0.25) is 4.79 Å². The van der Waals surface area contributed by atoms with Crippen LogP contribution in [-0.2, 0) is 6.42 Å². The van der Waals surface area contributed by atoms with Crippen LogP contribution in [0.2, 0.25) is 0 Å². The highest BCUT2D eigenvalue weighted by molar-refractivity contribution is 7.17. The second kappa shape index (κ2) is 2.75. The van der Waals surface area contributed by atoms with Gasteiger partial charge in [0.15, 0.2) is 5.13 Å². The van der Waals surface area contributed by atoms with Crippen LogP contribution in [0.25, 0.3) is 0 Å². The maximum atomic E-state index is 11.3. The van der Waals surface area contributed by atoms with Gasteiger partial charge in [-0.1, -0.05) is 11.3 Å². The van der Waals surface area contributed by atoms with Crippen LogP contribution in [0, 0.1) is 0 Å². The van der Waals surface area contributed by atoms with Crippen LogP contribution in [-0.4, -0.2) is 17.4 Å². The Hall–Kier alpha value is -1.10. The Kier molecular flexibility index (Phi) is 1.73. The molecular weight excluding hydrogens is 174 g/mol. The number of nitrogens with one attached hydrogen (secondary N) is 1. The lowest BCUT2D eigenvalue weighted by Crippen LogP contribution is -2.21. The molecule has 3 N–H and O–H groups in total. The summed E-state index contributed by atoms with van der Waals surface area (Å²) in [6, 6.07) is 0. The van der Waals surface area contributed by atoms with E-state index in [9.17, 15) is 4.79 Å². The monoisotopic (exact) mass is 183 g/mol. The average molecular weight is 183 g/mol. The van der Waals surface area contributed by atoms with Crippen LogP contribution in [0.5, 0.6) is 0 Å². The molecular formula is C7H9N3OS. The summed E-state index contributed by atoms with van der Waals surface area (Å²) in [6.07, 6.45) is 1.80. The Morgan fingerprint density at radius 2 is 2.42 bits per heavy atom. The molecule has 0 saturated carbocycles. The van der Waals surface area contributed by atoms with E-state index >= 15 is 0 Å². The molecule has 0 radical (unpaired) electrons. The molecule has 0 aromatic carbocycles. The molecule has 0 aliphatic carbocycles. The van der Waals surface area contributed by atoms with Crippen molar-refractivity contribution < 1.29 is 4.79 Å². The third kappa shape index (κ3) is 1.16. The number of thiazole rings is 1. The number of anilines is 1. The Morgan fingerprint density at radius 3 is 3.25 bits per heavy atom. The maximum absolute atomic E-state index is 11.3. The van der Waals surface area contributed by atoms with Crippen molar-refractivity contribution in [2.24, 2.45) is 0 Å². The smallest absolute Gasteiger partial charge is 0.263 e. The molecule has 1 aliphatic heterocycles. The molecule has 1 amide bonds. The molecule has 0 fully saturated rings. The number of rotatable bonds is 0. The highest BCUT2D eigenvalue weighted by Gasteiger charge is 2.18. The number of fused-ring (bicyclic) bond motifs is 1. The zero-order chi connectivity index (χ0) is 8.55. The first kappa shape index (κ1) is 7.54. The van der Waals surface area contributed by atoms with Gasteiger partial charge in [-0.25, -0.2) is 4.98 Å². The van der Waals surface area contributed by atoms with E-state index in [1.807, 2.05) is 0 Å². The highest BCUT2D eigenvalue weighted by atomic mass is 32.1. The van der Waals surface area contributed by atoms with Crippen LogP contribution in [0.1, 0.15) is 21.8 Å². The number of carbonyl (C=O) groups excluding carboxylic acids is 1. The first-order chi connectivity index (χ1) is 5.77. The van der Waals surface area contributed by atoms with Crippen LogP contribution in [0.15, 0.2) is 0 Å². The Bertz CT molecular complexity index is 320. The molecule has 2 rings (SSSR count). The summed E-state index contributed by atoms with van der Waals surface area (Å²) in [5.74, 6) is -0.0308. The fourth-order valence-corrected chi connectivity index (χ4v) is 2.05. The third-order valence-corrected chi connectivity index (χ3v) is 2.72. The predicted molar refractivity (Wildman–Crippen MR) is 47.2 cm³/mol. The van der Waals surface area contributed by atoms with E-state index in [-0.39, 0.29) is 5.91 Å². The van der Waals surface area contributed by atoms with Gasteiger partial charge in [-0.05, 0) is 12.8 Å². The number of amides is 1. The van der Waals surface area contributed by atoms with Gasteiger partial charge in [0.05, 0.1) is 5.69 Å². The summed E-state index contributed by atoms with van der Waals surface area (Å²) >= 11 is 1.27. The Morgan fingerprint density at radius 1 is 1.58 bits per heavy atom. The number of nitrogen functional groups attached to an aromatic ring is 1. The van der Waals surface area contributed by atoms with Crippen molar-refractivity contribution in [1.82, 2.24) is 10.3 Å². The Labute approximate surface area is 73.8 Å². The molecule has 0 unspecified atom stereocenters. The molecule has 0 bridgehead atoms. The number of aryl methyl sites for hydroxylation is 1. The number of nitrogens with two attached hydrogens (primary N) is 1. The van der Waals surface area contributed by atoms with Crippen molar-refractivity contribution >= 4 is 22.4 Å². The van der Waals surface area contributed by atoms with Crippen molar-refractivity contribution in [3.8, 4) is 0 Å². The molecule has 1 aromatic heterocycles. The number of carbonyl (C=O) groups is 1. The molecule has 64 valence electrons. The second-order valence-electron chi connectivity index (χ2n) is 2.69. The third-order valence-electron chi connectivity index (χ3n) is 1.80. The van der Waals surface area contributed by atoms with Crippen molar-refractivity contribution in [2.45, 2.75) is 12.8 Å². The lowest BCUT2D eigenvalue weighted by Gasteiger charge is -1.95. The first-order valence-electron chi connectivity index (χ1n) is 3.81. The molecule has 2 heterocycles. The van der Waals surface area contributed by atoms with Gasteiger partial charge in [-0.15, -0.1) is 0 Å². The lowest BCUT2D eigenvalue weighted by molar-refractivity contribution is 0.0960. The van der Waals surface area contributed by atoms with E-state index in [0.717, 1.165) is 25.1 Å². The first-order valence-corrected chi connectivity index (χ1v) is 4.62. The fraction of sp³-hybridized carbons (Fsp3) is 0.429. The van der Waals surface area contributed by atoms with E-state index in [0.29, 0.717) is 10.0 Å². The van der Waals surface area contributed by atoms with Gasteiger partial charge >= 0.3 is 0 Å². The normalized spacial score (nSPS) is 16.5. The van der Waals surface area contributed by atoms with Crippen molar-refractivity contribution in [2.75, 3.05) is 12.3 Å². The molecule has 0 atom stereocenters. The number of hydrogen-bond acceptors (Lipinski definition) is 4. The van der Waals surface area contributed by atoms with Crippen LogP contribution in [0.4, 0.5) is 5.13 Å². The largest absolute Gasteiger partial charge is 0.375 e. The molecule has 1 aromatic rings. The molecule has 4 nitrogen and oxygen atoms in total. The Balaban J connectivity index is 2.44. The predicted octanol–water partition coefficient (Wildman–Crippen LogP) is 0.401. The van der Waals surface area contributed by atoms with Gasteiger partial charge in [-0.2, -0.15) is 0 Å². The molecule has 5 heteroatoms. The average Bonchev–Trinajstić information content (AvgIpc) is 2.33. The second-order valence-corrected chi connectivity index (χ2v) is 3.72. The van der Waals surface area contributed by atoms with Crippen LogP contribution < -0.4 is 11.1 Å². The fourth-order valence-electron chi connectivity index (χ4n) is 1.25. The van der Waals surface area contributed by atoms with Crippen molar-refractivity contribution in [3.63, 3.8) is 0 Å². The topological polar surface area (TPSA) is 68.0 Å². The SMILES string of the molecule is Nc1nc2c(s1)C(=O)NCCC2. The van der Waals surface area contributed by atoms with E-state index in [1.54, 1.807) is 0 Å². The zero-order valence-electron chi connectivity index (χ0n) is 6.46. The van der Waals surface area contributed by atoms with Gasteiger partial charge in [0.1, 0.15) is 4.88 Å². The van der Waals surface area contributed by atoms with Gasteiger partial charge < -0.3 is 11.1 Å². The highest BCUT2D eigenvalue weighted by Crippen LogP contribution is 2.22. The van der Waals surface area contributed by atoms with Crippen LogP contribution >= 0.6 is 11.3 Å². The quantitative estimate of drug-likeness (QED) is 0.611. The molecule has 12 heavy (non-hydrogen) atoms. The van der Waals surface area contributed by atoms with Crippen LogP contribution in [0.3, 0.4) is 0 Å². The molecule has 0 spiro atoms. The van der Waals surface area contributed by atoms with Crippen molar-refractivity contribution in [3.05, 3.63) is 10.6 Å². The summed E-state index contributed by atoms with van der Waals surface area (Å²) in [5, 5.41) is 3.27.